The number of amides is 2. The van der Waals surface area contributed by atoms with Gasteiger partial charge in [0.1, 0.15) is 11.6 Å². The van der Waals surface area contributed by atoms with E-state index in [0.29, 0.717) is 12.4 Å². The fourth-order valence-electron chi connectivity index (χ4n) is 1.92. The number of aromatic nitrogens is 2. The minimum atomic E-state index is -0.303. The quantitative estimate of drug-likeness (QED) is 0.875. The summed E-state index contributed by atoms with van der Waals surface area (Å²) in [7, 11) is 3.83. The first kappa shape index (κ1) is 16.2. The van der Waals surface area contributed by atoms with Gasteiger partial charge in [-0.3, -0.25) is 5.32 Å². The molecule has 0 aliphatic heterocycles. The standard InChI is InChI=1S/C15H18BrN5O/c1-10-12(16)6-7-13(19-10)20-15(22)18-9-11-5-4-8-17-14(11)21(2)3/h4-8H,9H2,1-3H3,(H2,18,19,20,22). The first-order chi connectivity index (χ1) is 10.5. The van der Waals surface area contributed by atoms with Crippen molar-refractivity contribution in [3.05, 3.63) is 46.2 Å². The average molecular weight is 364 g/mol. The smallest absolute Gasteiger partial charge is 0.320 e. The topological polar surface area (TPSA) is 70.1 Å². The highest BCUT2D eigenvalue weighted by molar-refractivity contribution is 9.10. The minimum absolute atomic E-state index is 0.303. The average Bonchev–Trinajstić information content (AvgIpc) is 2.49. The molecule has 2 amide bonds. The normalized spacial score (nSPS) is 10.2. The van der Waals surface area contributed by atoms with E-state index in [1.54, 1.807) is 12.3 Å². The van der Waals surface area contributed by atoms with Crippen LogP contribution in [0.5, 0.6) is 0 Å². The Kier molecular flexibility index (Phi) is 5.32. The number of hydrogen-bond donors (Lipinski definition) is 2. The van der Waals surface area contributed by atoms with Gasteiger partial charge in [-0.1, -0.05) is 6.07 Å². The van der Waals surface area contributed by atoms with Crippen molar-refractivity contribution in [1.29, 1.82) is 0 Å². The lowest BCUT2D eigenvalue weighted by atomic mass is 10.2. The molecule has 0 saturated carbocycles. The second kappa shape index (κ2) is 7.22. The number of nitrogens with one attached hydrogen (secondary N) is 2. The Balaban J connectivity index is 1.97. The van der Waals surface area contributed by atoms with Crippen LogP contribution in [-0.2, 0) is 6.54 Å². The van der Waals surface area contributed by atoms with Gasteiger partial charge in [0, 0.05) is 36.9 Å². The van der Waals surface area contributed by atoms with Crippen molar-refractivity contribution in [3.8, 4) is 0 Å². The van der Waals surface area contributed by atoms with Gasteiger partial charge in [0.2, 0.25) is 0 Å². The molecule has 0 fully saturated rings. The van der Waals surface area contributed by atoms with Crippen molar-refractivity contribution in [2.45, 2.75) is 13.5 Å². The third-order valence-electron chi connectivity index (χ3n) is 2.99. The van der Waals surface area contributed by atoms with Crippen LogP contribution in [0.15, 0.2) is 34.9 Å². The predicted molar refractivity (Wildman–Crippen MR) is 91.1 cm³/mol. The molecular formula is C15H18BrN5O. The number of rotatable bonds is 4. The third-order valence-corrected chi connectivity index (χ3v) is 3.83. The molecule has 0 radical (unpaired) electrons. The maximum Gasteiger partial charge on any atom is 0.320 e. The Morgan fingerprint density at radius 2 is 2.09 bits per heavy atom. The van der Waals surface area contributed by atoms with Gasteiger partial charge in [-0.05, 0) is 41.1 Å². The van der Waals surface area contributed by atoms with Crippen molar-refractivity contribution in [2.24, 2.45) is 0 Å². The highest BCUT2D eigenvalue weighted by Gasteiger charge is 2.08. The molecule has 0 spiro atoms. The lowest BCUT2D eigenvalue weighted by Crippen LogP contribution is -2.29. The van der Waals surface area contributed by atoms with E-state index in [9.17, 15) is 4.79 Å². The van der Waals surface area contributed by atoms with Crippen LogP contribution in [0, 0.1) is 6.92 Å². The molecule has 0 unspecified atom stereocenters. The third kappa shape index (κ3) is 4.17. The van der Waals surface area contributed by atoms with Crippen molar-refractivity contribution in [2.75, 3.05) is 24.3 Å². The van der Waals surface area contributed by atoms with Gasteiger partial charge in [-0.15, -0.1) is 0 Å². The van der Waals surface area contributed by atoms with Crippen molar-refractivity contribution >= 4 is 33.6 Å². The molecular weight excluding hydrogens is 346 g/mol. The summed E-state index contributed by atoms with van der Waals surface area (Å²) in [6.45, 7) is 2.26. The van der Waals surface area contributed by atoms with Crippen LogP contribution >= 0.6 is 15.9 Å². The number of urea groups is 1. The lowest BCUT2D eigenvalue weighted by molar-refractivity contribution is 0.251. The summed E-state index contributed by atoms with van der Waals surface area (Å²) in [6, 6.07) is 7.07. The monoisotopic (exact) mass is 363 g/mol. The second-order valence-electron chi connectivity index (χ2n) is 4.95. The molecule has 116 valence electrons. The van der Waals surface area contributed by atoms with Gasteiger partial charge in [0.05, 0.1) is 5.69 Å². The van der Waals surface area contributed by atoms with Gasteiger partial charge in [-0.25, -0.2) is 14.8 Å². The van der Waals surface area contributed by atoms with E-state index in [1.165, 1.54) is 0 Å². The van der Waals surface area contributed by atoms with E-state index >= 15 is 0 Å². The molecule has 2 heterocycles. The number of aryl methyl sites for hydroxylation is 1. The molecule has 2 N–H and O–H groups in total. The molecule has 6 nitrogen and oxygen atoms in total. The first-order valence-corrected chi connectivity index (χ1v) is 7.56. The zero-order valence-electron chi connectivity index (χ0n) is 12.7. The zero-order valence-corrected chi connectivity index (χ0v) is 14.3. The number of carbonyl (C=O) groups is 1. The summed E-state index contributed by atoms with van der Waals surface area (Å²) in [5.41, 5.74) is 1.77. The SMILES string of the molecule is Cc1nc(NC(=O)NCc2cccnc2N(C)C)ccc1Br. The van der Waals surface area contributed by atoms with E-state index in [2.05, 4.69) is 36.5 Å². The van der Waals surface area contributed by atoms with Crippen LogP contribution in [-0.4, -0.2) is 30.1 Å². The largest absolute Gasteiger partial charge is 0.362 e. The maximum absolute atomic E-state index is 12.0. The summed E-state index contributed by atoms with van der Waals surface area (Å²) < 4.78 is 0.907. The summed E-state index contributed by atoms with van der Waals surface area (Å²) in [5.74, 6) is 1.35. The van der Waals surface area contributed by atoms with E-state index in [4.69, 9.17) is 0 Å². The number of carbonyl (C=O) groups excluding carboxylic acids is 1. The van der Waals surface area contributed by atoms with Crippen LogP contribution in [0.3, 0.4) is 0 Å². The Bertz CT molecular complexity index is 675. The van der Waals surface area contributed by atoms with Crippen LogP contribution in [0.2, 0.25) is 0 Å². The molecule has 0 aromatic carbocycles. The number of anilines is 2. The maximum atomic E-state index is 12.0. The van der Waals surface area contributed by atoms with Crippen molar-refractivity contribution in [1.82, 2.24) is 15.3 Å². The summed E-state index contributed by atoms with van der Waals surface area (Å²) in [4.78, 5) is 22.4. The molecule has 2 rings (SSSR count). The van der Waals surface area contributed by atoms with Crippen LogP contribution in [0.4, 0.5) is 16.4 Å². The predicted octanol–water partition coefficient (Wildman–Crippen LogP) is 2.94. The number of nitrogens with zero attached hydrogens (tertiary/aromatic N) is 3. The minimum Gasteiger partial charge on any atom is -0.362 e. The summed E-state index contributed by atoms with van der Waals surface area (Å²) in [6.07, 6.45) is 1.73. The molecule has 2 aromatic rings. The van der Waals surface area contributed by atoms with E-state index in [1.807, 2.05) is 44.1 Å². The number of halogens is 1. The molecule has 22 heavy (non-hydrogen) atoms. The Morgan fingerprint density at radius 1 is 1.32 bits per heavy atom. The molecule has 0 aliphatic carbocycles. The number of hydrogen-bond acceptors (Lipinski definition) is 4. The second-order valence-corrected chi connectivity index (χ2v) is 5.81. The first-order valence-electron chi connectivity index (χ1n) is 6.76. The molecule has 0 atom stereocenters. The summed E-state index contributed by atoms with van der Waals surface area (Å²) >= 11 is 3.38. The van der Waals surface area contributed by atoms with Crippen LogP contribution in [0.25, 0.3) is 0 Å². The molecule has 0 bridgehead atoms. The van der Waals surface area contributed by atoms with Gasteiger partial charge < -0.3 is 10.2 Å². The van der Waals surface area contributed by atoms with Gasteiger partial charge in [0.25, 0.3) is 0 Å². The Hall–Kier alpha value is -2.15. The van der Waals surface area contributed by atoms with Gasteiger partial charge in [0.15, 0.2) is 0 Å². The molecule has 0 aliphatic rings. The Labute approximate surface area is 138 Å². The number of pyridine rings is 2. The summed E-state index contributed by atoms with van der Waals surface area (Å²) in [5, 5.41) is 5.52. The Morgan fingerprint density at radius 3 is 2.77 bits per heavy atom. The molecule has 0 saturated heterocycles. The highest BCUT2D eigenvalue weighted by atomic mass is 79.9. The fraction of sp³-hybridized carbons (Fsp3) is 0.267. The molecule has 7 heteroatoms. The van der Waals surface area contributed by atoms with E-state index in [-0.39, 0.29) is 6.03 Å². The van der Waals surface area contributed by atoms with E-state index in [0.717, 1.165) is 21.5 Å². The van der Waals surface area contributed by atoms with Crippen LogP contribution < -0.4 is 15.5 Å². The van der Waals surface area contributed by atoms with Gasteiger partial charge >= 0.3 is 6.03 Å². The highest BCUT2D eigenvalue weighted by Crippen LogP contribution is 2.16. The molecule has 2 aromatic heterocycles. The zero-order chi connectivity index (χ0) is 16.1. The van der Waals surface area contributed by atoms with Gasteiger partial charge in [-0.2, -0.15) is 0 Å². The van der Waals surface area contributed by atoms with Crippen molar-refractivity contribution in [3.63, 3.8) is 0 Å². The fourth-order valence-corrected chi connectivity index (χ4v) is 2.14. The lowest BCUT2D eigenvalue weighted by Gasteiger charge is -2.16. The van der Waals surface area contributed by atoms with E-state index < -0.39 is 0 Å². The van der Waals surface area contributed by atoms with Crippen LogP contribution in [0.1, 0.15) is 11.3 Å². The van der Waals surface area contributed by atoms with Crippen molar-refractivity contribution < 1.29 is 4.79 Å².